The third-order valence-corrected chi connectivity index (χ3v) is 6.12. The number of aliphatic hydroxyl groups is 1. The first-order valence-corrected chi connectivity index (χ1v) is 11.8. The van der Waals surface area contributed by atoms with Gasteiger partial charge < -0.3 is 23.7 Å². The van der Waals surface area contributed by atoms with Crippen LogP contribution >= 0.6 is 15.9 Å². The number of halogens is 1. The molecule has 3 rings (SSSR count). The summed E-state index contributed by atoms with van der Waals surface area (Å²) in [6, 6.07) is 10.5. The Balaban J connectivity index is 1.86. The molecule has 34 heavy (non-hydrogen) atoms. The van der Waals surface area contributed by atoms with Gasteiger partial charge in [-0.2, -0.15) is 0 Å². The second-order valence-electron chi connectivity index (χ2n) is 7.92. The third kappa shape index (κ3) is 6.25. The first-order chi connectivity index (χ1) is 16.3. The van der Waals surface area contributed by atoms with E-state index in [4.69, 9.17) is 23.7 Å². The van der Waals surface area contributed by atoms with E-state index in [9.17, 15) is 14.4 Å². The van der Waals surface area contributed by atoms with Crippen LogP contribution in [0.15, 0.2) is 45.3 Å². The standard InChI is InChI=1S/C24H28BrNO8/c1-15(28)33-21(20-13-18(25)19(34-20)10-6-7-11-27)22(31-2)23(29)26-17(14-32-24(26)30)12-16-8-4-3-5-9-16/h3-5,8-9,13,17,21-22,27H,6-7,10-12,14H2,1-2H3/t17-,21+,22-/m0/s1. The Morgan fingerprint density at radius 2 is 2.00 bits per heavy atom. The van der Waals surface area contributed by atoms with Crippen LogP contribution in [-0.4, -0.2) is 60.4 Å². The molecule has 1 saturated heterocycles. The summed E-state index contributed by atoms with van der Waals surface area (Å²) < 4.78 is 22.6. The van der Waals surface area contributed by atoms with Crippen LogP contribution < -0.4 is 0 Å². The zero-order chi connectivity index (χ0) is 24.7. The van der Waals surface area contributed by atoms with E-state index in [1.165, 1.54) is 14.0 Å². The SMILES string of the molecule is CO[C@H](C(=O)N1C(=O)OC[C@@H]1Cc1ccccc1)[C@H](OC(C)=O)c1cc(Br)c(CCCCO)o1. The summed E-state index contributed by atoms with van der Waals surface area (Å²) >= 11 is 3.43. The Kier molecular flexibility index (Phi) is 9.26. The van der Waals surface area contributed by atoms with E-state index >= 15 is 0 Å². The quantitative estimate of drug-likeness (QED) is 0.341. The molecule has 1 aliphatic heterocycles. The number of unbranched alkanes of at least 4 members (excludes halogenated alkanes) is 1. The van der Waals surface area contributed by atoms with Gasteiger partial charge in [0, 0.05) is 27.1 Å². The summed E-state index contributed by atoms with van der Waals surface area (Å²) in [6.45, 7) is 1.33. The molecule has 1 aliphatic rings. The molecule has 0 saturated carbocycles. The second-order valence-corrected chi connectivity index (χ2v) is 8.77. The largest absolute Gasteiger partial charge is 0.461 e. The highest BCUT2D eigenvalue weighted by Crippen LogP contribution is 2.33. The highest BCUT2D eigenvalue weighted by atomic mass is 79.9. The molecule has 1 aromatic heterocycles. The molecule has 0 spiro atoms. The van der Waals surface area contributed by atoms with Crippen molar-refractivity contribution in [3.8, 4) is 0 Å². The Labute approximate surface area is 206 Å². The lowest BCUT2D eigenvalue weighted by molar-refractivity contribution is -0.164. The number of esters is 1. The normalized spacial score (nSPS) is 17.4. The summed E-state index contributed by atoms with van der Waals surface area (Å²) in [5.74, 6) is -0.538. The number of carbonyl (C=O) groups excluding carboxylic acids is 3. The van der Waals surface area contributed by atoms with Crippen molar-refractivity contribution in [3.63, 3.8) is 0 Å². The van der Waals surface area contributed by atoms with Crippen molar-refractivity contribution in [2.24, 2.45) is 0 Å². The molecular weight excluding hydrogens is 510 g/mol. The minimum Gasteiger partial charge on any atom is -0.461 e. The molecule has 2 heterocycles. The van der Waals surface area contributed by atoms with Crippen LogP contribution in [0.5, 0.6) is 0 Å². The number of carbonyl (C=O) groups is 3. The molecule has 0 aliphatic carbocycles. The predicted octanol–water partition coefficient (Wildman–Crippen LogP) is 3.57. The summed E-state index contributed by atoms with van der Waals surface area (Å²) in [6.07, 6.45) is -1.09. The van der Waals surface area contributed by atoms with Crippen LogP contribution in [0.25, 0.3) is 0 Å². The van der Waals surface area contributed by atoms with Gasteiger partial charge in [0.05, 0.1) is 10.5 Å². The van der Waals surface area contributed by atoms with Crippen LogP contribution in [-0.2, 0) is 36.6 Å². The maximum Gasteiger partial charge on any atom is 0.417 e. The number of hydrogen-bond donors (Lipinski definition) is 1. The molecule has 184 valence electrons. The number of methoxy groups -OCH3 is 1. The van der Waals surface area contributed by atoms with Crippen molar-refractivity contribution in [3.05, 3.63) is 58.0 Å². The van der Waals surface area contributed by atoms with Crippen molar-refractivity contribution in [2.45, 2.75) is 50.9 Å². The summed E-state index contributed by atoms with van der Waals surface area (Å²) in [4.78, 5) is 38.9. The lowest BCUT2D eigenvalue weighted by Gasteiger charge is -2.28. The van der Waals surface area contributed by atoms with E-state index in [-0.39, 0.29) is 19.0 Å². The summed E-state index contributed by atoms with van der Waals surface area (Å²) in [5, 5.41) is 9.02. The fraction of sp³-hybridized carbons (Fsp3) is 0.458. The topological polar surface area (TPSA) is 116 Å². The minimum absolute atomic E-state index is 0.0510. The monoisotopic (exact) mass is 537 g/mol. The van der Waals surface area contributed by atoms with Crippen LogP contribution in [0, 0.1) is 0 Å². The highest BCUT2D eigenvalue weighted by Gasteiger charge is 2.45. The number of nitrogens with zero attached hydrogens (tertiary/aromatic N) is 1. The zero-order valence-electron chi connectivity index (χ0n) is 19.1. The third-order valence-electron chi connectivity index (χ3n) is 5.45. The van der Waals surface area contributed by atoms with Gasteiger partial charge in [0.2, 0.25) is 0 Å². The average molecular weight is 538 g/mol. The van der Waals surface area contributed by atoms with Crippen molar-refractivity contribution in [1.82, 2.24) is 4.90 Å². The van der Waals surface area contributed by atoms with E-state index in [0.29, 0.717) is 35.9 Å². The molecule has 9 nitrogen and oxygen atoms in total. The first-order valence-electron chi connectivity index (χ1n) is 11.0. The summed E-state index contributed by atoms with van der Waals surface area (Å²) in [5.41, 5.74) is 0.941. The van der Waals surface area contributed by atoms with Gasteiger partial charge >= 0.3 is 12.1 Å². The number of aryl methyl sites for hydroxylation is 1. The lowest BCUT2D eigenvalue weighted by Crippen LogP contribution is -2.48. The van der Waals surface area contributed by atoms with Gasteiger partial charge in [-0.05, 0) is 46.8 Å². The Morgan fingerprint density at radius 3 is 2.65 bits per heavy atom. The number of aliphatic hydroxyl groups excluding tert-OH is 1. The Hall–Kier alpha value is -2.69. The number of benzene rings is 1. The maximum atomic E-state index is 13.5. The van der Waals surface area contributed by atoms with Gasteiger partial charge in [0.1, 0.15) is 18.1 Å². The minimum atomic E-state index is -1.34. The molecule has 10 heteroatoms. The number of hydrogen-bond acceptors (Lipinski definition) is 8. The van der Waals surface area contributed by atoms with E-state index in [0.717, 1.165) is 10.5 Å². The van der Waals surface area contributed by atoms with Crippen molar-refractivity contribution < 1.29 is 38.1 Å². The zero-order valence-corrected chi connectivity index (χ0v) is 20.7. The van der Waals surface area contributed by atoms with E-state index in [2.05, 4.69) is 15.9 Å². The van der Waals surface area contributed by atoms with Crippen LogP contribution in [0.2, 0.25) is 0 Å². The number of cyclic esters (lactones) is 1. The van der Waals surface area contributed by atoms with Crippen molar-refractivity contribution >= 4 is 33.9 Å². The molecule has 2 aromatic rings. The van der Waals surface area contributed by atoms with Gasteiger partial charge in [-0.25, -0.2) is 9.69 Å². The van der Waals surface area contributed by atoms with Crippen LogP contribution in [0.1, 0.15) is 43.0 Å². The molecule has 3 atom stereocenters. The van der Waals surface area contributed by atoms with Gasteiger partial charge in [-0.15, -0.1) is 0 Å². The van der Waals surface area contributed by atoms with E-state index in [1.807, 2.05) is 30.3 Å². The van der Waals surface area contributed by atoms with Gasteiger partial charge in [0.25, 0.3) is 5.91 Å². The molecular formula is C24H28BrNO8. The number of ether oxygens (including phenoxy) is 3. The van der Waals surface area contributed by atoms with Gasteiger partial charge in [0.15, 0.2) is 12.2 Å². The first kappa shape index (κ1) is 25.9. The Bertz CT molecular complexity index is 992. The van der Waals surface area contributed by atoms with Crippen molar-refractivity contribution in [2.75, 3.05) is 20.3 Å². The predicted molar refractivity (Wildman–Crippen MR) is 124 cm³/mol. The Morgan fingerprint density at radius 1 is 1.26 bits per heavy atom. The molecule has 2 amide bonds. The molecule has 0 bridgehead atoms. The number of furan rings is 1. The van der Waals surface area contributed by atoms with Gasteiger partial charge in [-0.1, -0.05) is 30.3 Å². The summed E-state index contributed by atoms with van der Waals surface area (Å²) in [7, 11) is 1.30. The van der Waals surface area contributed by atoms with Crippen LogP contribution in [0.4, 0.5) is 4.79 Å². The smallest absolute Gasteiger partial charge is 0.417 e. The highest BCUT2D eigenvalue weighted by molar-refractivity contribution is 9.10. The fourth-order valence-electron chi connectivity index (χ4n) is 3.84. The van der Waals surface area contributed by atoms with Crippen LogP contribution in [0.3, 0.4) is 0 Å². The molecule has 1 aromatic carbocycles. The fourth-order valence-corrected chi connectivity index (χ4v) is 4.34. The van der Waals surface area contributed by atoms with Gasteiger partial charge in [-0.3, -0.25) is 9.59 Å². The number of imide groups is 1. The number of amides is 2. The maximum absolute atomic E-state index is 13.5. The molecule has 0 unspecified atom stereocenters. The average Bonchev–Trinajstić information content (AvgIpc) is 3.36. The molecule has 1 N–H and O–H groups in total. The van der Waals surface area contributed by atoms with Crippen molar-refractivity contribution in [1.29, 1.82) is 0 Å². The molecule has 0 radical (unpaired) electrons. The lowest BCUT2D eigenvalue weighted by atomic mass is 10.0. The van der Waals surface area contributed by atoms with E-state index in [1.54, 1.807) is 6.07 Å². The second kappa shape index (κ2) is 12.1. The molecule has 1 fully saturated rings. The van der Waals surface area contributed by atoms with E-state index < -0.39 is 36.2 Å². The number of rotatable bonds is 11.